The first-order chi connectivity index (χ1) is 9.72. The van der Waals surface area contributed by atoms with Gasteiger partial charge < -0.3 is 10.1 Å². The van der Waals surface area contributed by atoms with Gasteiger partial charge in [-0.15, -0.1) is 0 Å². The second kappa shape index (κ2) is 7.06. The molecule has 0 bridgehead atoms. The summed E-state index contributed by atoms with van der Waals surface area (Å²) in [5.41, 5.74) is 1.25. The molecular formula is C17H20FNO. The van der Waals surface area contributed by atoms with Gasteiger partial charge in [-0.3, -0.25) is 0 Å². The Kier molecular flexibility index (Phi) is 5.13. The van der Waals surface area contributed by atoms with Gasteiger partial charge >= 0.3 is 0 Å². The van der Waals surface area contributed by atoms with E-state index in [2.05, 4.69) is 31.3 Å². The molecule has 0 spiro atoms. The number of hydrogen-bond acceptors (Lipinski definition) is 2. The van der Waals surface area contributed by atoms with Crippen LogP contribution >= 0.6 is 0 Å². The monoisotopic (exact) mass is 273 g/mol. The first-order valence-electron chi connectivity index (χ1n) is 6.99. The highest BCUT2D eigenvalue weighted by Crippen LogP contribution is 2.24. The number of hydrogen-bond donors (Lipinski definition) is 1. The molecule has 2 aromatic carbocycles. The molecule has 0 amide bonds. The van der Waals surface area contributed by atoms with E-state index in [1.807, 2.05) is 12.1 Å². The lowest BCUT2D eigenvalue weighted by Crippen LogP contribution is -2.19. The zero-order valence-electron chi connectivity index (χ0n) is 11.9. The number of ether oxygens (including phenoxy) is 1. The average molecular weight is 273 g/mol. The van der Waals surface area contributed by atoms with Gasteiger partial charge in [-0.05, 0) is 54.9 Å². The third kappa shape index (κ3) is 3.81. The first kappa shape index (κ1) is 14.5. The molecule has 0 aliphatic heterocycles. The van der Waals surface area contributed by atoms with Crippen LogP contribution in [0.2, 0.25) is 0 Å². The molecule has 2 rings (SSSR count). The Hall–Kier alpha value is -1.87. The van der Waals surface area contributed by atoms with Gasteiger partial charge in [-0.25, -0.2) is 4.39 Å². The molecule has 0 heterocycles. The quantitative estimate of drug-likeness (QED) is 0.825. The van der Waals surface area contributed by atoms with E-state index in [9.17, 15) is 4.39 Å². The molecule has 0 saturated heterocycles. The van der Waals surface area contributed by atoms with E-state index < -0.39 is 0 Å². The minimum absolute atomic E-state index is 0.260. The van der Waals surface area contributed by atoms with Crippen molar-refractivity contribution in [1.29, 1.82) is 0 Å². The zero-order chi connectivity index (χ0) is 14.4. The van der Waals surface area contributed by atoms with Crippen LogP contribution in [0.25, 0.3) is 0 Å². The Labute approximate surface area is 119 Å². The Balaban J connectivity index is 2.06. The molecule has 0 aliphatic carbocycles. The molecule has 2 nitrogen and oxygen atoms in total. The van der Waals surface area contributed by atoms with E-state index in [1.54, 1.807) is 12.1 Å². The van der Waals surface area contributed by atoms with Crippen LogP contribution in [0.4, 0.5) is 4.39 Å². The van der Waals surface area contributed by atoms with Crippen molar-refractivity contribution in [1.82, 2.24) is 5.32 Å². The largest absolute Gasteiger partial charge is 0.457 e. The number of rotatable bonds is 6. The van der Waals surface area contributed by atoms with Crippen LogP contribution < -0.4 is 10.1 Å². The molecule has 0 saturated carbocycles. The summed E-state index contributed by atoms with van der Waals surface area (Å²) >= 11 is 0. The van der Waals surface area contributed by atoms with E-state index in [0.717, 1.165) is 18.7 Å². The van der Waals surface area contributed by atoms with Crippen molar-refractivity contribution in [3.63, 3.8) is 0 Å². The second-order valence-corrected chi connectivity index (χ2v) is 4.64. The average Bonchev–Trinajstić information content (AvgIpc) is 2.48. The van der Waals surface area contributed by atoms with E-state index in [4.69, 9.17) is 4.74 Å². The van der Waals surface area contributed by atoms with Crippen LogP contribution in [0.1, 0.15) is 31.9 Å². The van der Waals surface area contributed by atoms with Gasteiger partial charge in [-0.2, -0.15) is 0 Å². The predicted molar refractivity (Wildman–Crippen MR) is 79.6 cm³/mol. The highest BCUT2D eigenvalue weighted by Gasteiger charge is 2.07. The molecule has 0 radical (unpaired) electrons. The fourth-order valence-corrected chi connectivity index (χ4v) is 2.15. The summed E-state index contributed by atoms with van der Waals surface area (Å²) < 4.78 is 18.5. The molecule has 1 unspecified atom stereocenters. The van der Waals surface area contributed by atoms with Crippen molar-refractivity contribution < 1.29 is 9.13 Å². The third-order valence-corrected chi connectivity index (χ3v) is 3.19. The molecule has 20 heavy (non-hydrogen) atoms. The molecule has 3 heteroatoms. The maximum absolute atomic E-state index is 12.8. The molecular weight excluding hydrogens is 253 g/mol. The van der Waals surface area contributed by atoms with Crippen LogP contribution in [0, 0.1) is 5.82 Å². The minimum atomic E-state index is -0.260. The molecule has 0 fully saturated rings. The van der Waals surface area contributed by atoms with E-state index >= 15 is 0 Å². The summed E-state index contributed by atoms with van der Waals surface area (Å²) in [6.07, 6.45) is 1.05. The van der Waals surface area contributed by atoms with E-state index in [-0.39, 0.29) is 5.82 Å². The maximum Gasteiger partial charge on any atom is 0.127 e. The van der Waals surface area contributed by atoms with Crippen molar-refractivity contribution in [3.8, 4) is 11.5 Å². The van der Waals surface area contributed by atoms with Crippen LogP contribution in [0.5, 0.6) is 11.5 Å². The van der Waals surface area contributed by atoms with Gasteiger partial charge in [0, 0.05) is 6.04 Å². The fraction of sp³-hybridized carbons (Fsp3) is 0.294. The first-order valence-corrected chi connectivity index (χ1v) is 6.99. The van der Waals surface area contributed by atoms with Gasteiger partial charge in [0.2, 0.25) is 0 Å². The molecule has 1 N–H and O–H groups in total. The van der Waals surface area contributed by atoms with E-state index in [1.165, 1.54) is 17.7 Å². The number of nitrogens with one attached hydrogen (secondary N) is 1. The van der Waals surface area contributed by atoms with Crippen molar-refractivity contribution in [2.45, 2.75) is 26.3 Å². The normalized spacial score (nSPS) is 12.2. The topological polar surface area (TPSA) is 21.3 Å². The third-order valence-electron chi connectivity index (χ3n) is 3.19. The maximum atomic E-state index is 12.8. The molecule has 2 aromatic rings. The van der Waals surface area contributed by atoms with Crippen molar-refractivity contribution >= 4 is 0 Å². The van der Waals surface area contributed by atoms with Gasteiger partial charge in [0.05, 0.1) is 0 Å². The fourth-order valence-electron chi connectivity index (χ4n) is 2.15. The minimum Gasteiger partial charge on any atom is -0.457 e. The lowest BCUT2D eigenvalue weighted by molar-refractivity contribution is 0.479. The predicted octanol–water partition coefficient (Wildman–Crippen LogP) is 4.68. The highest BCUT2D eigenvalue weighted by atomic mass is 19.1. The molecule has 1 atom stereocenters. The van der Waals surface area contributed by atoms with Gasteiger partial charge in [0.25, 0.3) is 0 Å². The summed E-state index contributed by atoms with van der Waals surface area (Å²) in [6.45, 7) is 5.22. The molecule has 0 aromatic heterocycles. The Morgan fingerprint density at radius 3 is 2.00 bits per heavy atom. The number of halogens is 1. The van der Waals surface area contributed by atoms with Crippen molar-refractivity contribution in [3.05, 3.63) is 59.9 Å². The van der Waals surface area contributed by atoms with Crippen LogP contribution in [0.3, 0.4) is 0 Å². The SMILES string of the molecule is CCNC(CC)c1ccc(Oc2ccc(F)cc2)cc1. The smallest absolute Gasteiger partial charge is 0.127 e. The lowest BCUT2D eigenvalue weighted by atomic mass is 10.0. The summed E-state index contributed by atoms with van der Waals surface area (Å²) in [5, 5.41) is 3.44. The van der Waals surface area contributed by atoms with Crippen LogP contribution in [-0.2, 0) is 0 Å². The Bertz CT molecular complexity index is 522. The summed E-state index contributed by atoms with van der Waals surface area (Å²) in [7, 11) is 0. The van der Waals surface area contributed by atoms with Gasteiger partial charge in [-0.1, -0.05) is 26.0 Å². The van der Waals surface area contributed by atoms with Gasteiger partial charge in [0.1, 0.15) is 17.3 Å². The summed E-state index contributed by atoms with van der Waals surface area (Å²) in [4.78, 5) is 0. The second-order valence-electron chi connectivity index (χ2n) is 4.64. The summed E-state index contributed by atoms with van der Waals surface area (Å²) in [6, 6.07) is 14.4. The highest BCUT2D eigenvalue weighted by molar-refractivity contribution is 5.34. The van der Waals surface area contributed by atoms with Crippen molar-refractivity contribution in [2.24, 2.45) is 0 Å². The Morgan fingerprint density at radius 2 is 1.50 bits per heavy atom. The van der Waals surface area contributed by atoms with Crippen LogP contribution in [-0.4, -0.2) is 6.54 Å². The number of benzene rings is 2. The lowest BCUT2D eigenvalue weighted by Gasteiger charge is -2.16. The molecule has 0 aliphatic rings. The summed E-state index contributed by atoms with van der Waals surface area (Å²) in [5.74, 6) is 1.13. The van der Waals surface area contributed by atoms with E-state index in [0.29, 0.717) is 11.8 Å². The van der Waals surface area contributed by atoms with Gasteiger partial charge in [0.15, 0.2) is 0 Å². The van der Waals surface area contributed by atoms with Crippen molar-refractivity contribution in [2.75, 3.05) is 6.54 Å². The zero-order valence-corrected chi connectivity index (χ0v) is 11.9. The molecule has 106 valence electrons. The Morgan fingerprint density at radius 1 is 0.950 bits per heavy atom. The van der Waals surface area contributed by atoms with Crippen LogP contribution in [0.15, 0.2) is 48.5 Å². The standard InChI is InChI=1S/C17H20FNO/c1-3-17(19-4-2)13-5-9-15(10-6-13)20-16-11-7-14(18)8-12-16/h5-12,17,19H,3-4H2,1-2H3.